The Morgan fingerprint density at radius 3 is 2.92 bits per heavy atom. The van der Waals surface area contributed by atoms with Gasteiger partial charge in [-0.15, -0.1) is 0 Å². The van der Waals surface area contributed by atoms with E-state index in [4.69, 9.17) is 9.15 Å². The minimum absolute atomic E-state index is 0.130. The summed E-state index contributed by atoms with van der Waals surface area (Å²) >= 11 is 0. The summed E-state index contributed by atoms with van der Waals surface area (Å²) < 4.78 is 11.6. The van der Waals surface area contributed by atoms with Gasteiger partial charge < -0.3 is 14.5 Å². The van der Waals surface area contributed by atoms with Gasteiger partial charge in [-0.1, -0.05) is 6.07 Å². The molecule has 0 amide bonds. The molecule has 1 N–H and O–H groups in total. The molecule has 0 aromatic carbocycles. The molecule has 0 aliphatic heterocycles. The maximum absolute atomic E-state index is 12.4. The third-order valence-corrected chi connectivity index (χ3v) is 3.42. The lowest BCUT2D eigenvalue weighted by molar-refractivity contribution is -0.385. The van der Waals surface area contributed by atoms with E-state index in [2.05, 4.69) is 10.3 Å². The largest absolute Gasteiger partial charge is 0.467 e. The van der Waals surface area contributed by atoms with Crippen molar-refractivity contribution in [2.75, 3.05) is 19.0 Å². The van der Waals surface area contributed by atoms with Gasteiger partial charge in [-0.25, -0.2) is 4.98 Å². The molecule has 3 aromatic heterocycles. The lowest BCUT2D eigenvalue weighted by atomic mass is 10.2. The molecule has 0 spiro atoms. The van der Waals surface area contributed by atoms with Gasteiger partial charge in [-0.2, -0.15) is 0 Å². The quantitative estimate of drug-likeness (QED) is 0.543. The Morgan fingerprint density at radius 1 is 1.42 bits per heavy atom. The van der Waals surface area contributed by atoms with Crippen molar-refractivity contribution in [2.45, 2.75) is 6.04 Å². The number of methoxy groups -OCH3 is 1. The van der Waals surface area contributed by atoms with Crippen molar-refractivity contribution in [3.8, 4) is 0 Å². The maximum Gasteiger partial charge on any atom is 0.376 e. The van der Waals surface area contributed by atoms with Crippen LogP contribution in [0.25, 0.3) is 5.65 Å². The molecular weight excluding hydrogens is 316 g/mol. The Balaban J connectivity index is 2.12. The van der Waals surface area contributed by atoms with Crippen molar-refractivity contribution in [2.24, 2.45) is 0 Å². The van der Waals surface area contributed by atoms with E-state index in [0.717, 1.165) is 4.40 Å². The molecule has 3 heterocycles. The first kappa shape index (κ1) is 15.7. The molecule has 1 atom stereocenters. The van der Waals surface area contributed by atoms with E-state index >= 15 is 0 Å². The molecule has 3 aromatic rings. The fourth-order valence-electron chi connectivity index (χ4n) is 2.36. The van der Waals surface area contributed by atoms with Gasteiger partial charge in [-0.05, 0) is 24.3 Å². The van der Waals surface area contributed by atoms with E-state index in [1.807, 2.05) is 0 Å². The number of aromatic nitrogens is 2. The molecular formula is C15H14N4O5. The molecule has 0 bridgehead atoms. The number of pyridine rings is 1. The van der Waals surface area contributed by atoms with E-state index in [9.17, 15) is 14.9 Å². The number of hydrogen-bond acceptors (Lipinski definition) is 7. The first-order valence-corrected chi connectivity index (χ1v) is 7.06. The normalized spacial score (nSPS) is 12.2. The van der Waals surface area contributed by atoms with Gasteiger partial charge in [0.15, 0.2) is 0 Å². The topological polar surface area (TPSA) is 112 Å². The number of anilines is 1. The number of hydrogen-bond donors (Lipinski definition) is 1. The highest BCUT2D eigenvalue weighted by molar-refractivity contribution is 5.60. The second kappa shape index (κ2) is 6.50. The van der Waals surface area contributed by atoms with E-state index in [0.29, 0.717) is 11.4 Å². The van der Waals surface area contributed by atoms with Crippen LogP contribution in [0.4, 0.5) is 11.5 Å². The third kappa shape index (κ3) is 2.84. The number of furan rings is 1. The van der Waals surface area contributed by atoms with Gasteiger partial charge in [0.2, 0.25) is 5.82 Å². The third-order valence-electron chi connectivity index (χ3n) is 3.42. The second-order valence-electron chi connectivity index (χ2n) is 4.97. The minimum Gasteiger partial charge on any atom is -0.467 e. The van der Waals surface area contributed by atoms with Crippen LogP contribution in [0, 0.1) is 10.1 Å². The summed E-state index contributed by atoms with van der Waals surface area (Å²) in [4.78, 5) is 27.2. The average molecular weight is 330 g/mol. The zero-order valence-corrected chi connectivity index (χ0v) is 12.7. The Labute approximate surface area is 135 Å². The molecule has 0 saturated carbocycles. The zero-order chi connectivity index (χ0) is 17.1. The molecule has 9 nitrogen and oxygen atoms in total. The standard InChI is InChI=1S/C15H14N4O5/c1-23-9-10(11-5-4-8-24-11)16-14-13(19(21)22)15(20)18-7-3-2-6-12(18)17-14/h2-8,10,16H,9H2,1H3. The van der Waals surface area contributed by atoms with Crippen LogP contribution in [-0.2, 0) is 4.74 Å². The molecule has 0 aliphatic carbocycles. The van der Waals surface area contributed by atoms with Crippen LogP contribution in [0.2, 0.25) is 0 Å². The Morgan fingerprint density at radius 2 is 2.25 bits per heavy atom. The number of nitro groups is 1. The highest BCUT2D eigenvalue weighted by Gasteiger charge is 2.26. The Bertz CT molecular complexity index is 919. The highest BCUT2D eigenvalue weighted by Crippen LogP contribution is 2.24. The lowest BCUT2D eigenvalue weighted by Gasteiger charge is -2.16. The summed E-state index contributed by atoms with van der Waals surface area (Å²) in [5.41, 5.74) is -1.10. The highest BCUT2D eigenvalue weighted by atomic mass is 16.6. The van der Waals surface area contributed by atoms with Gasteiger partial charge >= 0.3 is 11.2 Å². The van der Waals surface area contributed by atoms with Crippen molar-refractivity contribution in [1.29, 1.82) is 0 Å². The summed E-state index contributed by atoms with van der Waals surface area (Å²) in [6.07, 6.45) is 2.91. The molecule has 1 unspecified atom stereocenters. The zero-order valence-electron chi connectivity index (χ0n) is 12.7. The van der Waals surface area contributed by atoms with E-state index in [1.54, 1.807) is 30.3 Å². The first-order valence-electron chi connectivity index (χ1n) is 7.06. The maximum atomic E-state index is 12.4. The van der Waals surface area contributed by atoms with Gasteiger partial charge in [0.25, 0.3) is 0 Å². The summed E-state index contributed by atoms with van der Waals surface area (Å²) in [5.74, 6) is 0.385. The van der Waals surface area contributed by atoms with Gasteiger partial charge in [-0.3, -0.25) is 19.3 Å². The van der Waals surface area contributed by atoms with Gasteiger partial charge in [0.1, 0.15) is 17.4 Å². The number of fused-ring (bicyclic) bond motifs is 1. The van der Waals surface area contributed by atoms with E-state index < -0.39 is 22.2 Å². The monoisotopic (exact) mass is 330 g/mol. The second-order valence-corrected chi connectivity index (χ2v) is 4.97. The van der Waals surface area contributed by atoms with Crippen LogP contribution in [-0.4, -0.2) is 28.0 Å². The molecule has 9 heteroatoms. The Hall–Kier alpha value is -3.20. The van der Waals surface area contributed by atoms with Crippen molar-refractivity contribution in [1.82, 2.24) is 9.38 Å². The summed E-state index contributed by atoms with van der Waals surface area (Å²) in [6, 6.07) is 7.75. The van der Waals surface area contributed by atoms with Crippen LogP contribution in [0.5, 0.6) is 0 Å². The Kier molecular flexibility index (Phi) is 4.25. The van der Waals surface area contributed by atoms with Crippen molar-refractivity contribution in [3.05, 3.63) is 69.0 Å². The van der Waals surface area contributed by atoms with Crippen molar-refractivity contribution in [3.63, 3.8) is 0 Å². The predicted octanol–water partition coefficient (Wildman–Crippen LogP) is 2.00. The molecule has 0 aliphatic rings. The van der Waals surface area contributed by atoms with Crippen LogP contribution in [0.3, 0.4) is 0 Å². The van der Waals surface area contributed by atoms with Crippen molar-refractivity contribution < 1.29 is 14.1 Å². The molecule has 0 fully saturated rings. The number of ether oxygens (including phenoxy) is 1. The van der Waals surface area contributed by atoms with Crippen LogP contribution < -0.4 is 10.9 Å². The smallest absolute Gasteiger partial charge is 0.376 e. The number of nitrogens with one attached hydrogen (secondary N) is 1. The van der Waals surface area contributed by atoms with Gasteiger partial charge in [0.05, 0.1) is 17.8 Å². The fourth-order valence-corrected chi connectivity index (χ4v) is 2.36. The van der Waals surface area contributed by atoms with E-state index in [1.165, 1.54) is 19.6 Å². The molecule has 24 heavy (non-hydrogen) atoms. The average Bonchev–Trinajstić information content (AvgIpc) is 3.08. The SMILES string of the molecule is COCC(Nc1nc2ccccn2c(=O)c1[N+](=O)[O-])c1ccco1. The molecule has 124 valence electrons. The predicted molar refractivity (Wildman–Crippen MR) is 85.1 cm³/mol. The summed E-state index contributed by atoms with van der Waals surface area (Å²) in [6.45, 7) is 0.181. The molecule has 0 radical (unpaired) electrons. The lowest BCUT2D eigenvalue weighted by Crippen LogP contribution is -2.24. The fraction of sp³-hybridized carbons (Fsp3) is 0.200. The van der Waals surface area contributed by atoms with Crippen LogP contribution in [0.15, 0.2) is 52.0 Å². The van der Waals surface area contributed by atoms with Crippen LogP contribution >= 0.6 is 0 Å². The van der Waals surface area contributed by atoms with Gasteiger partial charge in [0, 0.05) is 13.3 Å². The molecule has 3 rings (SSSR count). The van der Waals surface area contributed by atoms with Crippen LogP contribution in [0.1, 0.15) is 11.8 Å². The summed E-state index contributed by atoms with van der Waals surface area (Å²) in [7, 11) is 1.49. The van der Waals surface area contributed by atoms with E-state index in [-0.39, 0.29) is 12.4 Å². The number of rotatable bonds is 6. The molecule has 0 saturated heterocycles. The minimum atomic E-state index is -0.760. The summed E-state index contributed by atoms with van der Waals surface area (Å²) in [5, 5.41) is 14.3. The number of nitrogens with zero attached hydrogens (tertiary/aromatic N) is 3. The first-order chi connectivity index (χ1) is 11.6. The van der Waals surface area contributed by atoms with Crippen molar-refractivity contribution >= 4 is 17.2 Å².